The molecular weight excluding hydrogens is 752 g/mol. The number of benzene rings is 9. The Hall–Kier alpha value is -6.97. The van der Waals surface area contributed by atoms with Crippen LogP contribution >= 0.6 is 0 Å². The molecule has 0 aliphatic heterocycles. The maximum atomic E-state index is 7.46. The van der Waals surface area contributed by atoms with Crippen molar-refractivity contribution in [3.05, 3.63) is 176 Å². The largest absolute Gasteiger partial charge is 0.310 e. The Morgan fingerprint density at radius 3 is 1.54 bits per heavy atom. The Kier molecular flexibility index (Phi) is 9.35. The van der Waals surface area contributed by atoms with Gasteiger partial charge in [0.1, 0.15) is 54.9 Å². The van der Waals surface area contributed by atoms with Crippen LogP contribution in [-0.4, -0.2) is 64.1 Å². The van der Waals surface area contributed by atoms with Gasteiger partial charge in [-0.15, -0.1) is 10.9 Å². The van der Waals surface area contributed by atoms with E-state index in [4.69, 9.17) is 54.9 Å². The van der Waals surface area contributed by atoms with Gasteiger partial charge in [-0.05, 0) is 80.7 Å². The van der Waals surface area contributed by atoms with Gasteiger partial charge in [0.2, 0.25) is 0 Å². The van der Waals surface area contributed by atoms with E-state index in [1.165, 1.54) is 0 Å². The third-order valence-electron chi connectivity index (χ3n) is 12.5. The number of rotatable bonds is 6. The lowest BCUT2D eigenvalue weighted by Crippen LogP contribution is -2.48. The molecule has 0 aliphatic rings. The maximum absolute atomic E-state index is 7.46. The Morgan fingerprint density at radius 2 is 0.841 bits per heavy atom. The van der Waals surface area contributed by atoms with Gasteiger partial charge in [-0.2, -0.15) is 0 Å². The highest BCUT2D eigenvalue weighted by Gasteiger charge is 2.26. The van der Waals surface area contributed by atoms with Gasteiger partial charge in [-0.1, -0.05) is 167 Å². The van der Waals surface area contributed by atoms with Crippen molar-refractivity contribution >= 4 is 137 Å². The van der Waals surface area contributed by atoms with Crippen LogP contribution in [0.5, 0.6) is 0 Å². The molecule has 11 rings (SSSR count). The van der Waals surface area contributed by atoms with Gasteiger partial charge in [-0.25, -0.2) is 0 Å². The summed E-state index contributed by atoms with van der Waals surface area (Å²) >= 11 is 0. The minimum atomic E-state index is 0.172. The zero-order valence-electron chi connectivity index (χ0n) is 34.2. The standard InChI is InChI=1S/C54H29B7N2/c55-46-42(47(56)51(60)53-44(46)45-48(57)49(58)50(59)52(61)54(45)63(53)39-24-11-10-22-36(39)31-16-6-2-7-17-31)34-26-27-40-38(29-34)43-37(32-18-8-3-9-19-32)23-13-25-41(43)62(40)35-21-12-20-33(28-35)30-14-4-1-5-15-30/h1-29H. The first-order valence-electron chi connectivity index (χ1n) is 20.7. The summed E-state index contributed by atoms with van der Waals surface area (Å²) in [6.07, 6.45) is 0. The van der Waals surface area contributed by atoms with Crippen molar-refractivity contribution in [2.75, 3.05) is 0 Å². The SMILES string of the molecule is [B]c1c([B])c([B])c2c(c1[B])c1c([B])c(-c3ccc4c(c3)c3c(-c5ccccc5)cccc3n4-c3cccc(-c4ccccc4)c3)c([B])c([B])c1n2-c1ccccc1-c1ccccc1. The molecule has 2 aromatic heterocycles. The Bertz CT molecular complexity index is 3630. The second-order valence-electron chi connectivity index (χ2n) is 16.0. The summed E-state index contributed by atoms with van der Waals surface area (Å²) in [7, 11) is 49.1. The first kappa shape index (κ1) is 38.9. The summed E-state index contributed by atoms with van der Waals surface area (Å²) in [6, 6.07) is 60.4. The van der Waals surface area contributed by atoms with Crippen molar-refractivity contribution in [3.8, 4) is 55.9 Å². The van der Waals surface area contributed by atoms with Crippen molar-refractivity contribution in [3.63, 3.8) is 0 Å². The Morgan fingerprint density at radius 1 is 0.302 bits per heavy atom. The second kappa shape index (κ2) is 15.1. The minimum Gasteiger partial charge on any atom is -0.310 e. The van der Waals surface area contributed by atoms with Gasteiger partial charge >= 0.3 is 0 Å². The highest BCUT2D eigenvalue weighted by Crippen LogP contribution is 2.41. The molecule has 0 unspecified atom stereocenters. The lowest BCUT2D eigenvalue weighted by Gasteiger charge is -2.20. The van der Waals surface area contributed by atoms with E-state index in [1.54, 1.807) is 0 Å². The first-order valence-corrected chi connectivity index (χ1v) is 20.7. The van der Waals surface area contributed by atoms with Crippen molar-refractivity contribution in [2.24, 2.45) is 0 Å². The van der Waals surface area contributed by atoms with Crippen LogP contribution in [0.15, 0.2) is 176 Å². The van der Waals surface area contributed by atoms with Gasteiger partial charge in [-0.3, -0.25) is 0 Å². The molecule has 0 N–H and O–H groups in total. The van der Waals surface area contributed by atoms with Crippen molar-refractivity contribution in [1.82, 2.24) is 9.13 Å². The first-order chi connectivity index (χ1) is 30.7. The number of hydrogen-bond donors (Lipinski definition) is 0. The van der Waals surface area contributed by atoms with Crippen LogP contribution < -0.4 is 38.2 Å². The van der Waals surface area contributed by atoms with E-state index >= 15 is 0 Å². The lowest BCUT2D eigenvalue weighted by molar-refractivity contribution is 1.18. The normalized spacial score (nSPS) is 11.6. The monoisotopic (exact) mass is 782 g/mol. The number of aromatic nitrogens is 2. The molecule has 9 heteroatoms. The minimum absolute atomic E-state index is 0.172. The molecule has 0 bridgehead atoms. The molecule has 2 heterocycles. The molecule has 11 aromatic rings. The maximum Gasteiger partial charge on any atom is 0.115 e. The van der Waals surface area contributed by atoms with Gasteiger partial charge in [0.25, 0.3) is 0 Å². The van der Waals surface area contributed by atoms with E-state index in [2.05, 4.69) is 126 Å². The zero-order chi connectivity index (χ0) is 43.1. The number of fused-ring (bicyclic) bond motifs is 6. The van der Waals surface area contributed by atoms with Gasteiger partial charge < -0.3 is 9.13 Å². The van der Waals surface area contributed by atoms with Crippen LogP contribution in [0, 0.1) is 0 Å². The molecule has 2 nitrogen and oxygen atoms in total. The summed E-state index contributed by atoms with van der Waals surface area (Å²) in [4.78, 5) is 0. The topological polar surface area (TPSA) is 9.86 Å². The summed E-state index contributed by atoms with van der Waals surface area (Å²) in [5.41, 5.74) is 14.6. The third kappa shape index (κ3) is 5.97. The van der Waals surface area contributed by atoms with Gasteiger partial charge in [0.05, 0.1) is 16.7 Å². The molecule has 0 spiro atoms. The fourth-order valence-corrected chi connectivity index (χ4v) is 9.59. The smallest absolute Gasteiger partial charge is 0.115 e. The van der Waals surface area contributed by atoms with Crippen molar-refractivity contribution in [1.29, 1.82) is 0 Å². The van der Waals surface area contributed by atoms with E-state index in [0.717, 1.165) is 72.1 Å². The molecule has 276 valence electrons. The second-order valence-corrected chi connectivity index (χ2v) is 16.0. The van der Waals surface area contributed by atoms with Crippen molar-refractivity contribution in [2.45, 2.75) is 0 Å². The molecule has 0 atom stereocenters. The predicted molar refractivity (Wildman–Crippen MR) is 275 cm³/mol. The molecule has 9 aromatic carbocycles. The summed E-state index contributed by atoms with van der Waals surface area (Å²) < 4.78 is 4.30. The van der Waals surface area contributed by atoms with Crippen LogP contribution in [0.4, 0.5) is 0 Å². The highest BCUT2D eigenvalue weighted by atomic mass is 15.0. The van der Waals surface area contributed by atoms with E-state index in [1.807, 2.05) is 59.2 Å². The third-order valence-corrected chi connectivity index (χ3v) is 12.5. The van der Waals surface area contributed by atoms with Crippen LogP contribution in [0.25, 0.3) is 99.5 Å². The number of para-hydroxylation sites is 1. The fourth-order valence-electron chi connectivity index (χ4n) is 9.59. The number of hydrogen-bond acceptors (Lipinski definition) is 0. The van der Waals surface area contributed by atoms with Crippen LogP contribution in [0.3, 0.4) is 0 Å². The average Bonchev–Trinajstić information content (AvgIpc) is 3.87. The van der Waals surface area contributed by atoms with Gasteiger partial charge in [0.15, 0.2) is 0 Å². The van der Waals surface area contributed by atoms with Crippen molar-refractivity contribution < 1.29 is 0 Å². The van der Waals surface area contributed by atoms with E-state index in [9.17, 15) is 0 Å². The van der Waals surface area contributed by atoms with Gasteiger partial charge in [0, 0.05) is 38.4 Å². The summed E-state index contributed by atoms with van der Waals surface area (Å²) in [5.74, 6) is 0. The summed E-state index contributed by atoms with van der Waals surface area (Å²) in [6.45, 7) is 0. The highest BCUT2D eigenvalue weighted by molar-refractivity contribution is 6.69. The molecule has 0 amide bonds. The average molecular weight is 782 g/mol. The molecule has 14 radical (unpaired) electrons. The van der Waals surface area contributed by atoms with Crippen LogP contribution in [-0.2, 0) is 0 Å². The molecular formula is C54H29B7N2. The number of nitrogens with zero attached hydrogens (tertiary/aromatic N) is 2. The van der Waals surface area contributed by atoms with Crippen LogP contribution in [0.2, 0.25) is 0 Å². The predicted octanol–water partition coefficient (Wildman–Crippen LogP) is 6.11. The molecule has 0 aliphatic carbocycles. The van der Waals surface area contributed by atoms with E-state index in [-0.39, 0.29) is 21.9 Å². The molecule has 0 fully saturated rings. The Balaban J connectivity index is 1.23. The Labute approximate surface area is 375 Å². The van der Waals surface area contributed by atoms with E-state index in [0.29, 0.717) is 43.8 Å². The fraction of sp³-hybridized carbons (Fsp3) is 0. The van der Waals surface area contributed by atoms with Crippen LogP contribution in [0.1, 0.15) is 0 Å². The van der Waals surface area contributed by atoms with E-state index < -0.39 is 0 Å². The molecule has 0 saturated heterocycles. The summed E-state index contributed by atoms with van der Waals surface area (Å²) in [5, 5.41) is 3.23. The lowest BCUT2D eigenvalue weighted by atomic mass is 9.64. The zero-order valence-corrected chi connectivity index (χ0v) is 34.2. The molecule has 0 saturated carbocycles. The molecule has 63 heavy (non-hydrogen) atoms. The quantitative estimate of drug-likeness (QED) is 0.181.